The van der Waals surface area contributed by atoms with Crippen LogP contribution in [0.25, 0.3) is 0 Å². The number of nitrogens with zero attached hydrogens (tertiary/aromatic N) is 2. The molecule has 2 rings (SSSR count). The third-order valence-electron chi connectivity index (χ3n) is 3.23. The maximum atomic E-state index is 13.9. The Morgan fingerprint density at radius 2 is 2.26 bits per heavy atom. The molecule has 1 aliphatic heterocycles. The smallest absolute Gasteiger partial charge is 0.343 e. The minimum atomic E-state index is -2.32. The summed E-state index contributed by atoms with van der Waals surface area (Å²) in [6.07, 6.45) is 0.577. The number of carboxylic acid groups (broad SMARTS) is 1. The Morgan fingerprint density at radius 3 is 2.74 bits per heavy atom. The first-order chi connectivity index (χ1) is 8.87. The van der Waals surface area contributed by atoms with Gasteiger partial charge in [-0.3, -0.25) is 4.79 Å². The Balaban J connectivity index is 2.17. The molecule has 0 bridgehead atoms. The number of likely N-dealkylation sites (tertiary alicyclic amines) is 1. The predicted molar refractivity (Wildman–Crippen MR) is 68.2 cm³/mol. The number of carbonyl (C=O) groups excluding carboxylic acids is 1. The number of carboxylic acids is 1. The van der Waals surface area contributed by atoms with Gasteiger partial charge in [-0.15, -0.1) is 11.3 Å². The fourth-order valence-electron chi connectivity index (χ4n) is 2.07. The van der Waals surface area contributed by atoms with Gasteiger partial charge in [-0.2, -0.15) is 0 Å². The van der Waals surface area contributed by atoms with E-state index in [0.717, 1.165) is 11.4 Å². The molecule has 0 spiro atoms. The molecule has 1 aromatic heterocycles. The molecule has 1 saturated heterocycles. The number of carbonyl (C=O) groups is 2. The van der Waals surface area contributed by atoms with Crippen LogP contribution in [0.1, 0.15) is 33.7 Å². The van der Waals surface area contributed by atoms with Crippen LogP contribution in [0, 0.1) is 6.92 Å². The van der Waals surface area contributed by atoms with Crippen LogP contribution in [-0.2, 0) is 11.2 Å². The summed E-state index contributed by atoms with van der Waals surface area (Å²) in [6, 6.07) is 0. The third kappa shape index (κ3) is 2.47. The lowest BCUT2D eigenvalue weighted by Crippen LogP contribution is -2.38. The lowest BCUT2D eigenvalue weighted by atomic mass is 10.1. The standard InChI is InChI=1S/C12H15FN2O3S/c1-3-8-14-7(2)9(19-8)10(16)15-5-4-12(13,6-15)11(17)18/h3-6H2,1-2H3,(H,17,18). The summed E-state index contributed by atoms with van der Waals surface area (Å²) in [7, 11) is 0. The molecule has 1 unspecified atom stereocenters. The number of thiazole rings is 1. The largest absolute Gasteiger partial charge is 0.479 e. The normalized spacial score (nSPS) is 22.8. The summed E-state index contributed by atoms with van der Waals surface area (Å²) in [4.78, 5) is 29.1. The Bertz CT molecular complexity index is 531. The van der Waals surface area contributed by atoms with Gasteiger partial charge in [0.1, 0.15) is 4.88 Å². The van der Waals surface area contributed by atoms with Crippen molar-refractivity contribution in [2.24, 2.45) is 0 Å². The molecule has 2 heterocycles. The molecule has 19 heavy (non-hydrogen) atoms. The second-order valence-corrected chi connectivity index (χ2v) is 5.71. The Labute approximate surface area is 114 Å². The molecule has 1 aliphatic rings. The molecule has 1 N–H and O–H groups in total. The highest BCUT2D eigenvalue weighted by atomic mass is 32.1. The summed E-state index contributed by atoms with van der Waals surface area (Å²) >= 11 is 1.29. The van der Waals surface area contributed by atoms with Gasteiger partial charge >= 0.3 is 5.97 Å². The van der Waals surface area contributed by atoms with E-state index in [0.29, 0.717) is 10.6 Å². The number of amides is 1. The maximum absolute atomic E-state index is 13.9. The maximum Gasteiger partial charge on any atom is 0.343 e. The Kier molecular flexibility index (Phi) is 3.58. The van der Waals surface area contributed by atoms with Gasteiger partial charge in [0.25, 0.3) is 5.91 Å². The fourth-order valence-corrected chi connectivity index (χ4v) is 3.04. The number of rotatable bonds is 3. The van der Waals surface area contributed by atoms with Crippen LogP contribution in [0.5, 0.6) is 0 Å². The van der Waals surface area contributed by atoms with E-state index in [1.165, 1.54) is 16.2 Å². The number of hydrogen-bond acceptors (Lipinski definition) is 4. The van der Waals surface area contributed by atoms with Crippen molar-refractivity contribution < 1.29 is 19.1 Å². The van der Waals surface area contributed by atoms with Crippen molar-refractivity contribution in [3.8, 4) is 0 Å². The molecule has 7 heteroatoms. The predicted octanol–water partition coefficient (Wildman–Crippen LogP) is 1.65. The molecule has 5 nitrogen and oxygen atoms in total. The van der Waals surface area contributed by atoms with Crippen molar-refractivity contribution in [2.45, 2.75) is 32.4 Å². The van der Waals surface area contributed by atoms with Crippen LogP contribution in [0.15, 0.2) is 0 Å². The number of aromatic nitrogens is 1. The summed E-state index contributed by atoms with van der Waals surface area (Å²) < 4.78 is 13.9. The van der Waals surface area contributed by atoms with Gasteiger partial charge in [-0.05, 0) is 13.3 Å². The summed E-state index contributed by atoms with van der Waals surface area (Å²) in [6.45, 7) is 3.42. The average molecular weight is 286 g/mol. The van der Waals surface area contributed by atoms with Gasteiger partial charge in [0.15, 0.2) is 0 Å². The van der Waals surface area contributed by atoms with Crippen LogP contribution in [-0.4, -0.2) is 45.6 Å². The molecule has 1 amide bonds. The molecule has 1 atom stereocenters. The highest BCUT2D eigenvalue weighted by Gasteiger charge is 2.47. The molecular weight excluding hydrogens is 271 g/mol. The van der Waals surface area contributed by atoms with Crippen molar-refractivity contribution in [3.63, 3.8) is 0 Å². The van der Waals surface area contributed by atoms with Gasteiger partial charge in [0.05, 0.1) is 17.2 Å². The highest BCUT2D eigenvalue weighted by molar-refractivity contribution is 7.13. The molecule has 104 valence electrons. The minimum Gasteiger partial charge on any atom is -0.479 e. The number of hydrogen-bond donors (Lipinski definition) is 1. The Morgan fingerprint density at radius 1 is 1.58 bits per heavy atom. The fraction of sp³-hybridized carbons (Fsp3) is 0.583. The molecule has 0 aromatic carbocycles. The zero-order chi connectivity index (χ0) is 14.2. The first kappa shape index (κ1) is 13.9. The quantitative estimate of drug-likeness (QED) is 0.917. The van der Waals surface area contributed by atoms with E-state index in [-0.39, 0.29) is 25.4 Å². The number of halogens is 1. The van der Waals surface area contributed by atoms with Crippen molar-refractivity contribution >= 4 is 23.2 Å². The van der Waals surface area contributed by atoms with E-state index in [1.807, 2.05) is 6.92 Å². The van der Waals surface area contributed by atoms with E-state index >= 15 is 0 Å². The van der Waals surface area contributed by atoms with Crippen molar-refractivity contribution in [1.82, 2.24) is 9.88 Å². The summed E-state index contributed by atoms with van der Waals surface area (Å²) in [5.74, 6) is -1.83. The molecular formula is C12H15FN2O3S. The lowest BCUT2D eigenvalue weighted by molar-refractivity contribution is -0.149. The van der Waals surface area contributed by atoms with E-state index < -0.39 is 11.6 Å². The van der Waals surface area contributed by atoms with Crippen LogP contribution < -0.4 is 0 Å². The summed E-state index contributed by atoms with van der Waals surface area (Å²) in [5.41, 5.74) is -1.69. The van der Waals surface area contributed by atoms with Crippen LogP contribution >= 0.6 is 11.3 Å². The van der Waals surface area contributed by atoms with E-state index in [9.17, 15) is 14.0 Å². The molecule has 0 aliphatic carbocycles. The first-order valence-electron chi connectivity index (χ1n) is 6.05. The van der Waals surface area contributed by atoms with E-state index in [1.54, 1.807) is 6.92 Å². The van der Waals surface area contributed by atoms with Gasteiger partial charge in [0, 0.05) is 13.0 Å². The second-order valence-electron chi connectivity index (χ2n) is 4.62. The van der Waals surface area contributed by atoms with Crippen molar-refractivity contribution in [3.05, 3.63) is 15.6 Å². The summed E-state index contributed by atoms with van der Waals surface area (Å²) in [5, 5.41) is 9.67. The Hall–Kier alpha value is -1.50. The zero-order valence-electron chi connectivity index (χ0n) is 10.8. The van der Waals surface area contributed by atoms with Gasteiger partial charge in [-0.1, -0.05) is 6.92 Å². The van der Waals surface area contributed by atoms with Crippen LogP contribution in [0.3, 0.4) is 0 Å². The molecule has 0 radical (unpaired) electrons. The third-order valence-corrected chi connectivity index (χ3v) is 4.52. The lowest BCUT2D eigenvalue weighted by Gasteiger charge is -2.17. The van der Waals surface area contributed by atoms with Crippen molar-refractivity contribution in [2.75, 3.05) is 13.1 Å². The number of aliphatic carboxylic acids is 1. The highest BCUT2D eigenvalue weighted by Crippen LogP contribution is 2.29. The van der Waals surface area contributed by atoms with Gasteiger partial charge in [-0.25, -0.2) is 14.2 Å². The molecule has 0 saturated carbocycles. The van der Waals surface area contributed by atoms with Crippen molar-refractivity contribution in [1.29, 1.82) is 0 Å². The number of alkyl halides is 1. The topological polar surface area (TPSA) is 70.5 Å². The number of aryl methyl sites for hydroxylation is 2. The van der Waals surface area contributed by atoms with E-state index in [2.05, 4.69) is 4.98 Å². The van der Waals surface area contributed by atoms with Crippen LogP contribution in [0.2, 0.25) is 0 Å². The SMILES string of the molecule is CCc1nc(C)c(C(=O)N2CCC(F)(C(=O)O)C2)s1. The monoisotopic (exact) mass is 286 g/mol. The first-order valence-corrected chi connectivity index (χ1v) is 6.87. The van der Waals surface area contributed by atoms with Crippen LogP contribution in [0.4, 0.5) is 4.39 Å². The van der Waals surface area contributed by atoms with E-state index in [4.69, 9.17) is 5.11 Å². The minimum absolute atomic E-state index is 0.125. The second kappa shape index (κ2) is 4.88. The molecule has 1 aromatic rings. The zero-order valence-corrected chi connectivity index (χ0v) is 11.6. The van der Waals surface area contributed by atoms with Gasteiger partial charge < -0.3 is 10.0 Å². The average Bonchev–Trinajstić information content (AvgIpc) is 2.93. The van der Waals surface area contributed by atoms with Gasteiger partial charge in [0.2, 0.25) is 5.67 Å². The molecule has 1 fully saturated rings.